The Labute approximate surface area is 122 Å². The second kappa shape index (κ2) is 5.91. The Morgan fingerprint density at radius 3 is 2.58 bits per heavy atom. The molecular formula is C14H13ClN2OS. The van der Waals surface area contributed by atoms with Crippen molar-refractivity contribution >= 4 is 40.2 Å². The van der Waals surface area contributed by atoms with E-state index in [1.807, 2.05) is 42.5 Å². The van der Waals surface area contributed by atoms with Crippen LogP contribution in [0.1, 0.15) is 5.56 Å². The Morgan fingerprint density at radius 1 is 1.21 bits per heavy atom. The minimum atomic E-state index is 0.317. The van der Waals surface area contributed by atoms with Crippen molar-refractivity contribution in [3.8, 4) is 5.75 Å². The van der Waals surface area contributed by atoms with Crippen LogP contribution in [-0.4, -0.2) is 12.1 Å². The van der Waals surface area contributed by atoms with Crippen molar-refractivity contribution < 1.29 is 4.74 Å². The number of rotatable bonds is 4. The molecular weight excluding hydrogens is 280 g/mol. The van der Waals surface area contributed by atoms with Crippen LogP contribution in [0.25, 0.3) is 0 Å². The largest absolute Gasteiger partial charge is 0.497 e. The van der Waals surface area contributed by atoms with Crippen LogP contribution in [0.15, 0.2) is 42.5 Å². The van der Waals surface area contributed by atoms with Gasteiger partial charge in [0.1, 0.15) is 10.7 Å². The van der Waals surface area contributed by atoms with E-state index in [4.69, 9.17) is 34.3 Å². The fraction of sp³-hybridized carbons (Fsp3) is 0.0714. The Morgan fingerprint density at radius 2 is 1.95 bits per heavy atom. The summed E-state index contributed by atoms with van der Waals surface area (Å²) in [4.78, 5) is 0.317. The SMILES string of the molecule is COc1ccc(C(N)=S)c(Nc2ccccc2Cl)c1. The van der Waals surface area contributed by atoms with Gasteiger partial charge in [-0.05, 0) is 24.3 Å². The van der Waals surface area contributed by atoms with Crippen LogP contribution >= 0.6 is 23.8 Å². The van der Waals surface area contributed by atoms with E-state index < -0.39 is 0 Å². The first-order valence-electron chi connectivity index (χ1n) is 5.61. The second-order valence-electron chi connectivity index (χ2n) is 3.88. The molecule has 5 heteroatoms. The summed E-state index contributed by atoms with van der Waals surface area (Å²) >= 11 is 11.2. The zero-order valence-electron chi connectivity index (χ0n) is 10.3. The van der Waals surface area contributed by atoms with Gasteiger partial charge in [0, 0.05) is 11.6 Å². The number of hydrogen-bond acceptors (Lipinski definition) is 3. The maximum atomic E-state index is 6.12. The van der Waals surface area contributed by atoms with Crippen LogP contribution in [0.3, 0.4) is 0 Å². The Balaban J connectivity index is 2.43. The minimum Gasteiger partial charge on any atom is -0.497 e. The van der Waals surface area contributed by atoms with Gasteiger partial charge in [-0.3, -0.25) is 0 Å². The summed E-state index contributed by atoms with van der Waals surface area (Å²) in [5.41, 5.74) is 8.01. The van der Waals surface area contributed by atoms with Crippen molar-refractivity contribution in [3.05, 3.63) is 53.1 Å². The highest BCUT2D eigenvalue weighted by atomic mass is 35.5. The molecule has 0 atom stereocenters. The van der Waals surface area contributed by atoms with E-state index in [0.29, 0.717) is 10.0 Å². The van der Waals surface area contributed by atoms with E-state index in [1.54, 1.807) is 7.11 Å². The second-order valence-corrected chi connectivity index (χ2v) is 4.73. The lowest BCUT2D eigenvalue weighted by Crippen LogP contribution is -2.12. The maximum Gasteiger partial charge on any atom is 0.120 e. The molecule has 0 aliphatic carbocycles. The summed E-state index contributed by atoms with van der Waals surface area (Å²) in [5, 5.41) is 3.84. The number of nitrogens with two attached hydrogens (primary N) is 1. The molecule has 0 spiro atoms. The van der Waals surface area contributed by atoms with Gasteiger partial charge in [-0.1, -0.05) is 36.0 Å². The molecule has 0 bridgehead atoms. The topological polar surface area (TPSA) is 47.3 Å². The van der Waals surface area contributed by atoms with E-state index in [1.165, 1.54) is 0 Å². The van der Waals surface area contributed by atoms with Crippen LogP contribution in [0.2, 0.25) is 5.02 Å². The van der Waals surface area contributed by atoms with Gasteiger partial charge < -0.3 is 15.8 Å². The van der Waals surface area contributed by atoms with Crippen molar-refractivity contribution in [2.75, 3.05) is 12.4 Å². The number of nitrogens with one attached hydrogen (secondary N) is 1. The highest BCUT2D eigenvalue weighted by Crippen LogP contribution is 2.29. The smallest absolute Gasteiger partial charge is 0.120 e. The fourth-order valence-corrected chi connectivity index (χ4v) is 2.04. The third-order valence-electron chi connectivity index (χ3n) is 2.64. The van der Waals surface area contributed by atoms with Gasteiger partial charge in [0.25, 0.3) is 0 Å². The average molecular weight is 293 g/mol. The van der Waals surface area contributed by atoms with Crippen LogP contribution < -0.4 is 15.8 Å². The standard InChI is InChI=1S/C14H13ClN2OS/c1-18-9-6-7-10(14(16)19)13(8-9)17-12-5-3-2-4-11(12)15/h2-8,17H,1H3,(H2,16,19). The van der Waals surface area contributed by atoms with Gasteiger partial charge in [0.2, 0.25) is 0 Å². The van der Waals surface area contributed by atoms with E-state index >= 15 is 0 Å². The Bertz CT molecular complexity index is 616. The number of ether oxygens (including phenoxy) is 1. The van der Waals surface area contributed by atoms with Crippen LogP contribution in [-0.2, 0) is 0 Å². The highest BCUT2D eigenvalue weighted by molar-refractivity contribution is 7.80. The lowest BCUT2D eigenvalue weighted by Gasteiger charge is -2.13. The Hall–Kier alpha value is -1.78. The summed E-state index contributed by atoms with van der Waals surface area (Å²) in [6.45, 7) is 0. The van der Waals surface area contributed by atoms with Gasteiger partial charge in [0.05, 0.1) is 23.5 Å². The number of methoxy groups -OCH3 is 1. The molecule has 3 N–H and O–H groups in total. The molecule has 0 saturated carbocycles. The molecule has 0 unspecified atom stereocenters. The molecule has 98 valence electrons. The zero-order valence-corrected chi connectivity index (χ0v) is 11.9. The lowest BCUT2D eigenvalue weighted by molar-refractivity contribution is 0.415. The predicted octanol–water partition coefficient (Wildman–Crippen LogP) is 3.73. The molecule has 0 aromatic heterocycles. The molecule has 3 nitrogen and oxygen atoms in total. The highest BCUT2D eigenvalue weighted by Gasteiger charge is 2.08. The minimum absolute atomic E-state index is 0.317. The molecule has 0 radical (unpaired) electrons. The molecule has 0 heterocycles. The maximum absolute atomic E-state index is 6.12. The predicted molar refractivity (Wildman–Crippen MR) is 83.6 cm³/mol. The first kappa shape index (κ1) is 13.6. The average Bonchev–Trinajstić information content (AvgIpc) is 2.41. The quantitative estimate of drug-likeness (QED) is 0.843. The summed E-state index contributed by atoms with van der Waals surface area (Å²) in [5.74, 6) is 0.717. The first-order valence-corrected chi connectivity index (χ1v) is 6.40. The molecule has 0 aliphatic heterocycles. The normalized spacial score (nSPS) is 10.0. The number of anilines is 2. The van der Waals surface area contributed by atoms with Crippen molar-refractivity contribution in [3.63, 3.8) is 0 Å². The number of thiocarbonyl (C=S) groups is 1. The molecule has 0 aliphatic rings. The summed E-state index contributed by atoms with van der Waals surface area (Å²) < 4.78 is 5.20. The fourth-order valence-electron chi connectivity index (χ4n) is 1.68. The van der Waals surface area contributed by atoms with E-state index in [-0.39, 0.29) is 0 Å². The summed E-state index contributed by atoms with van der Waals surface area (Å²) in [6, 6.07) is 12.9. The first-order chi connectivity index (χ1) is 9.11. The molecule has 0 fully saturated rings. The molecule has 2 aromatic rings. The Kier molecular flexibility index (Phi) is 4.24. The van der Waals surface area contributed by atoms with Gasteiger partial charge >= 0.3 is 0 Å². The van der Waals surface area contributed by atoms with Crippen LogP contribution in [0.5, 0.6) is 5.75 Å². The van der Waals surface area contributed by atoms with E-state index in [9.17, 15) is 0 Å². The summed E-state index contributed by atoms with van der Waals surface area (Å²) in [6.07, 6.45) is 0. The van der Waals surface area contributed by atoms with Gasteiger partial charge in [-0.2, -0.15) is 0 Å². The number of hydrogen-bond donors (Lipinski definition) is 2. The van der Waals surface area contributed by atoms with Crippen molar-refractivity contribution in [1.82, 2.24) is 0 Å². The molecule has 2 rings (SSSR count). The summed E-state index contributed by atoms with van der Waals surface area (Å²) in [7, 11) is 1.61. The number of benzene rings is 2. The van der Waals surface area contributed by atoms with Gasteiger partial charge in [-0.25, -0.2) is 0 Å². The lowest BCUT2D eigenvalue weighted by atomic mass is 10.1. The van der Waals surface area contributed by atoms with Crippen LogP contribution in [0.4, 0.5) is 11.4 Å². The van der Waals surface area contributed by atoms with E-state index in [2.05, 4.69) is 5.32 Å². The molecule has 2 aromatic carbocycles. The molecule has 19 heavy (non-hydrogen) atoms. The van der Waals surface area contributed by atoms with Gasteiger partial charge in [-0.15, -0.1) is 0 Å². The van der Waals surface area contributed by atoms with E-state index in [0.717, 1.165) is 22.7 Å². The van der Waals surface area contributed by atoms with Crippen molar-refractivity contribution in [1.29, 1.82) is 0 Å². The molecule has 0 saturated heterocycles. The van der Waals surface area contributed by atoms with Crippen molar-refractivity contribution in [2.45, 2.75) is 0 Å². The van der Waals surface area contributed by atoms with Gasteiger partial charge in [0.15, 0.2) is 0 Å². The monoisotopic (exact) mass is 292 g/mol. The zero-order chi connectivity index (χ0) is 13.8. The molecule has 0 amide bonds. The van der Waals surface area contributed by atoms with Crippen LogP contribution in [0, 0.1) is 0 Å². The third kappa shape index (κ3) is 3.16. The van der Waals surface area contributed by atoms with Crippen molar-refractivity contribution in [2.24, 2.45) is 5.73 Å². The number of para-hydroxylation sites is 1. The number of halogens is 1. The third-order valence-corrected chi connectivity index (χ3v) is 3.18.